The normalized spacial score (nSPS) is 17.5. The number of hydrogen-bond acceptors (Lipinski definition) is 2. The average molecular weight is 207 g/mol. The highest BCUT2D eigenvalue weighted by Crippen LogP contribution is 2.36. The summed E-state index contributed by atoms with van der Waals surface area (Å²) in [5.41, 5.74) is 7.34. The van der Waals surface area contributed by atoms with Gasteiger partial charge in [-0.15, -0.1) is 0 Å². The van der Waals surface area contributed by atoms with Gasteiger partial charge in [-0.2, -0.15) is 0 Å². The summed E-state index contributed by atoms with van der Waals surface area (Å²) in [7, 11) is 0. The van der Waals surface area contributed by atoms with Crippen molar-refractivity contribution in [2.45, 2.75) is 58.4 Å². The van der Waals surface area contributed by atoms with Crippen LogP contribution in [-0.4, -0.2) is 9.55 Å². The molecule has 0 radical (unpaired) electrons. The Morgan fingerprint density at radius 2 is 2.07 bits per heavy atom. The number of nitrogens with two attached hydrogens (primary N) is 1. The van der Waals surface area contributed by atoms with Crippen LogP contribution in [-0.2, 0) is 6.54 Å². The third kappa shape index (κ3) is 1.87. The average Bonchev–Trinajstić information content (AvgIpc) is 2.81. The molecule has 0 atom stereocenters. The largest absolute Gasteiger partial charge is 0.384 e. The molecule has 3 heteroatoms. The van der Waals surface area contributed by atoms with Gasteiger partial charge in [0.15, 0.2) is 0 Å². The highest BCUT2D eigenvalue weighted by Gasteiger charge is 2.23. The van der Waals surface area contributed by atoms with Gasteiger partial charge in [0.05, 0.1) is 5.69 Å². The van der Waals surface area contributed by atoms with Crippen LogP contribution in [0, 0.1) is 6.92 Å². The van der Waals surface area contributed by atoms with Crippen LogP contribution in [0.3, 0.4) is 0 Å². The van der Waals surface area contributed by atoms with E-state index in [1.54, 1.807) is 0 Å². The molecule has 1 fully saturated rings. The standard InChI is InChI=1S/C12H21N3/c1-3-8-15-9(2)14-11(12(15)13)10-6-4-5-7-10/h10H,3-8,13H2,1-2H3. The van der Waals surface area contributed by atoms with Crippen molar-refractivity contribution in [3.8, 4) is 0 Å². The van der Waals surface area contributed by atoms with Crippen LogP contribution >= 0.6 is 0 Å². The predicted molar refractivity (Wildman–Crippen MR) is 62.9 cm³/mol. The number of nitrogens with zero attached hydrogens (tertiary/aromatic N) is 2. The second kappa shape index (κ2) is 4.25. The van der Waals surface area contributed by atoms with Crippen LogP contribution < -0.4 is 5.73 Å². The zero-order valence-electron chi connectivity index (χ0n) is 9.79. The molecule has 15 heavy (non-hydrogen) atoms. The smallest absolute Gasteiger partial charge is 0.127 e. The number of anilines is 1. The Morgan fingerprint density at radius 3 is 2.67 bits per heavy atom. The summed E-state index contributed by atoms with van der Waals surface area (Å²) < 4.78 is 2.16. The number of hydrogen-bond donors (Lipinski definition) is 1. The lowest BCUT2D eigenvalue weighted by Crippen LogP contribution is -2.05. The minimum Gasteiger partial charge on any atom is -0.384 e. The van der Waals surface area contributed by atoms with Crippen molar-refractivity contribution in [3.05, 3.63) is 11.5 Å². The first-order valence-corrected chi connectivity index (χ1v) is 6.06. The Kier molecular flexibility index (Phi) is 2.98. The third-order valence-corrected chi connectivity index (χ3v) is 3.42. The van der Waals surface area contributed by atoms with Crippen molar-refractivity contribution in [2.75, 3.05) is 5.73 Å². The summed E-state index contributed by atoms with van der Waals surface area (Å²) in [6.45, 7) is 5.23. The molecule has 1 aromatic heterocycles. The maximum atomic E-state index is 6.17. The summed E-state index contributed by atoms with van der Waals surface area (Å²) in [5.74, 6) is 2.62. The fraction of sp³-hybridized carbons (Fsp3) is 0.750. The Hall–Kier alpha value is -0.990. The first-order chi connectivity index (χ1) is 7.24. The number of imidazole rings is 1. The summed E-state index contributed by atoms with van der Waals surface area (Å²) in [6, 6.07) is 0. The molecule has 0 amide bonds. The van der Waals surface area contributed by atoms with Gasteiger partial charge in [-0.1, -0.05) is 19.8 Å². The van der Waals surface area contributed by atoms with Gasteiger partial charge in [0.2, 0.25) is 0 Å². The monoisotopic (exact) mass is 207 g/mol. The van der Waals surface area contributed by atoms with Gasteiger partial charge in [-0.3, -0.25) is 0 Å². The Bertz CT molecular complexity index is 335. The molecule has 0 spiro atoms. The first kappa shape index (κ1) is 10.5. The number of aromatic nitrogens is 2. The van der Waals surface area contributed by atoms with Crippen molar-refractivity contribution in [2.24, 2.45) is 0 Å². The number of nitrogen functional groups attached to an aromatic ring is 1. The molecule has 1 aromatic rings. The molecule has 1 aliphatic carbocycles. The van der Waals surface area contributed by atoms with Crippen molar-refractivity contribution in [3.63, 3.8) is 0 Å². The van der Waals surface area contributed by atoms with Crippen LogP contribution in [0.1, 0.15) is 56.5 Å². The molecule has 84 valence electrons. The van der Waals surface area contributed by atoms with E-state index in [2.05, 4.69) is 23.4 Å². The molecule has 0 saturated heterocycles. The SMILES string of the molecule is CCCn1c(C)nc(C2CCCC2)c1N. The molecule has 1 aliphatic rings. The van der Waals surface area contributed by atoms with Gasteiger partial charge in [0.1, 0.15) is 11.6 Å². The summed E-state index contributed by atoms with van der Waals surface area (Å²) >= 11 is 0. The zero-order valence-corrected chi connectivity index (χ0v) is 9.79. The molecule has 2 N–H and O–H groups in total. The maximum absolute atomic E-state index is 6.17. The van der Waals surface area contributed by atoms with Crippen LogP contribution in [0.2, 0.25) is 0 Å². The van der Waals surface area contributed by atoms with Crippen LogP contribution in [0.5, 0.6) is 0 Å². The van der Waals surface area contributed by atoms with Crippen LogP contribution in [0.25, 0.3) is 0 Å². The minimum atomic E-state index is 0.627. The second-order valence-electron chi connectivity index (χ2n) is 4.56. The van der Waals surface area contributed by atoms with Gasteiger partial charge < -0.3 is 10.3 Å². The van der Waals surface area contributed by atoms with E-state index in [4.69, 9.17) is 5.73 Å². The van der Waals surface area contributed by atoms with E-state index in [0.717, 1.165) is 24.6 Å². The van der Waals surface area contributed by atoms with Gasteiger partial charge in [0.25, 0.3) is 0 Å². The molecule has 0 aliphatic heterocycles. The van der Waals surface area contributed by atoms with Gasteiger partial charge in [-0.05, 0) is 26.2 Å². The fourth-order valence-electron chi connectivity index (χ4n) is 2.61. The van der Waals surface area contributed by atoms with Crippen molar-refractivity contribution < 1.29 is 0 Å². The number of aryl methyl sites for hydroxylation is 1. The predicted octanol–water partition coefficient (Wildman–Crippen LogP) is 2.84. The molecular formula is C12H21N3. The minimum absolute atomic E-state index is 0.627. The van der Waals surface area contributed by atoms with Gasteiger partial charge in [0, 0.05) is 12.5 Å². The van der Waals surface area contributed by atoms with E-state index in [1.807, 2.05) is 0 Å². The molecule has 1 saturated carbocycles. The lowest BCUT2D eigenvalue weighted by atomic mass is 10.0. The fourth-order valence-corrected chi connectivity index (χ4v) is 2.61. The van der Waals surface area contributed by atoms with Gasteiger partial charge in [-0.25, -0.2) is 4.98 Å². The van der Waals surface area contributed by atoms with E-state index >= 15 is 0 Å². The van der Waals surface area contributed by atoms with E-state index in [9.17, 15) is 0 Å². The van der Waals surface area contributed by atoms with Crippen molar-refractivity contribution in [1.29, 1.82) is 0 Å². The Labute approximate surface area is 91.7 Å². The molecule has 0 unspecified atom stereocenters. The topological polar surface area (TPSA) is 43.8 Å². The summed E-state index contributed by atoms with van der Waals surface area (Å²) in [5, 5.41) is 0. The lowest BCUT2D eigenvalue weighted by Gasteiger charge is -2.08. The zero-order chi connectivity index (χ0) is 10.8. The van der Waals surface area contributed by atoms with Crippen LogP contribution in [0.4, 0.5) is 5.82 Å². The first-order valence-electron chi connectivity index (χ1n) is 6.06. The molecule has 1 heterocycles. The summed E-state index contributed by atoms with van der Waals surface area (Å²) in [6.07, 6.45) is 6.33. The molecule has 2 rings (SSSR count). The van der Waals surface area contributed by atoms with E-state index in [1.165, 1.54) is 31.4 Å². The molecule has 0 aromatic carbocycles. The highest BCUT2D eigenvalue weighted by molar-refractivity contribution is 5.40. The lowest BCUT2D eigenvalue weighted by molar-refractivity contribution is 0.664. The molecule has 3 nitrogen and oxygen atoms in total. The van der Waals surface area contributed by atoms with Crippen LogP contribution in [0.15, 0.2) is 0 Å². The maximum Gasteiger partial charge on any atom is 0.127 e. The van der Waals surface area contributed by atoms with Gasteiger partial charge >= 0.3 is 0 Å². The van der Waals surface area contributed by atoms with Crippen molar-refractivity contribution >= 4 is 5.82 Å². The quantitative estimate of drug-likeness (QED) is 0.828. The van der Waals surface area contributed by atoms with E-state index in [0.29, 0.717) is 5.92 Å². The number of rotatable bonds is 3. The Morgan fingerprint density at radius 1 is 1.40 bits per heavy atom. The third-order valence-electron chi connectivity index (χ3n) is 3.42. The second-order valence-corrected chi connectivity index (χ2v) is 4.56. The molecular weight excluding hydrogens is 186 g/mol. The highest BCUT2D eigenvalue weighted by atomic mass is 15.1. The van der Waals surface area contributed by atoms with E-state index in [-0.39, 0.29) is 0 Å². The van der Waals surface area contributed by atoms with Crippen molar-refractivity contribution in [1.82, 2.24) is 9.55 Å². The van der Waals surface area contributed by atoms with E-state index < -0.39 is 0 Å². The molecule has 0 bridgehead atoms. The Balaban J connectivity index is 2.27. The summed E-state index contributed by atoms with van der Waals surface area (Å²) in [4.78, 5) is 4.65.